The van der Waals surface area contributed by atoms with Crippen molar-refractivity contribution in [2.24, 2.45) is 5.41 Å². The highest BCUT2D eigenvalue weighted by atomic mass is 19.4. The van der Waals surface area contributed by atoms with Gasteiger partial charge in [-0.15, -0.1) is 0 Å². The molecule has 2 aliphatic rings. The lowest BCUT2D eigenvalue weighted by Crippen LogP contribution is -2.55. The second-order valence-electron chi connectivity index (χ2n) is 6.41. The monoisotopic (exact) mass is 265 g/mol. The first-order valence-electron chi connectivity index (χ1n) is 6.71. The van der Waals surface area contributed by atoms with Crippen LogP contribution in [0, 0.1) is 5.41 Å². The van der Waals surface area contributed by atoms with Crippen LogP contribution in [0.2, 0.25) is 0 Å². The minimum absolute atomic E-state index is 0.0279. The van der Waals surface area contributed by atoms with Crippen LogP contribution in [-0.4, -0.2) is 40.9 Å². The Balaban J connectivity index is 2.10. The van der Waals surface area contributed by atoms with E-state index < -0.39 is 18.8 Å². The molecule has 18 heavy (non-hydrogen) atoms. The Hall–Kier alpha value is -0.290. The highest BCUT2D eigenvalue weighted by Crippen LogP contribution is 2.42. The van der Waals surface area contributed by atoms with E-state index in [2.05, 4.69) is 0 Å². The Morgan fingerprint density at radius 2 is 1.83 bits per heavy atom. The first-order valence-corrected chi connectivity index (χ1v) is 6.71. The van der Waals surface area contributed by atoms with E-state index in [0.29, 0.717) is 6.42 Å². The van der Waals surface area contributed by atoms with Crippen LogP contribution in [0.4, 0.5) is 13.2 Å². The van der Waals surface area contributed by atoms with Crippen molar-refractivity contribution in [2.75, 3.05) is 6.54 Å². The topological polar surface area (TPSA) is 23.5 Å². The van der Waals surface area contributed by atoms with Crippen LogP contribution in [0.5, 0.6) is 0 Å². The molecule has 2 atom stereocenters. The number of alkyl halides is 3. The van der Waals surface area contributed by atoms with Gasteiger partial charge in [-0.25, -0.2) is 0 Å². The summed E-state index contributed by atoms with van der Waals surface area (Å²) in [6.07, 6.45) is -0.708. The molecule has 106 valence electrons. The first-order chi connectivity index (χ1) is 8.21. The van der Waals surface area contributed by atoms with Crippen molar-refractivity contribution in [3.8, 4) is 0 Å². The van der Waals surface area contributed by atoms with Gasteiger partial charge in [0.2, 0.25) is 0 Å². The molecule has 2 nitrogen and oxygen atoms in total. The molecule has 2 fully saturated rings. The van der Waals surface area contributed by atoms with Crippen LogP contribution < -0.4 is 0 Å². The fourth-order valence-electron chi connectivity index (χ4n) is 3.07. The average Bonchev–Trinajstić information content (AvgIpc) is 3.01. The van der Waals surface area contributed by atoms with Gasteiger partial charge >= 0.3 is 6.18 Å². The van der Waals surface area contributed by atoms with E-state index in [0.717, 1.165) is 25.7 Å². The summed E-state index contributed by atoms with van der Waals surface area (Å²) in [5.41, 5.74) is -0.276. The van der Waals surface area contributed by atoms with Crippen LogP contribution in [0.25, 0.3) is 0 Å². The van der Waals surface area contributed by atoms with Crippen molar-refractivity contribution >= 4 is 0 Å². The SMILES string of the molecule is CC1(C)CCCC(N(CC(F)(F)F)C2CC2)C1O. The summed E-state index contributed by atoms with van der Waals surface area (Å²) in [5.74, 6) is 0. The fourth-order valence-corrected chi connectivity index (χ4v) is 3.07. The maximum Gasteiger partial charge on any atom is 0.401 e. The minimum atomic E-state index is -4.18. The lowest BCUT2D eigenvalue weighted by molar-refractivity contribution is -0.166. The quantitative estimate of drug-likeness (QED) is 0.848. The molecule has 0 radical (unpaired) electrons. The third-order valence-corrected chi connectivity index (χ3v) is 4.29. The third-order valence-electron chi connectivity index (χ3n) is 4.29. The van der Waals surface area contributed by atoms with Gasteiger partial charge in [0.15, 0.2) is 0 Å². The Morgan fingerprint density at radius 1 is 1.22 bits per heavy atom. The smallest absolute Gasteiger partial charge is 0.391 e. The molecular formula is C13H22F3NO. The van der Waals surface area contributed by atoms with E-state index >= 15 is 0 Å². The Kier molecular flexibility index (Phi) is 3.67. The van der Waals surface area contributed by atoms with Crippen LogP contribution in [0.3, 0.4) is 0 Å². The van der Waals surface area contributed by atoms with Gasteiger partial charge in [0.25, 0.3) is 0 Å². The highest BCUT2D eigenvalue weighted by molar-refractivity contribution is 4.98. The molecule has 2 aliphatic carbocycles. The number of hydrogen-bond donors (Lipinski definition) is 1. The second kappa shape index (κ2) is 4.67. The van der Waals surface area contributed by atoms with E-state index in [1.54, 1.807) is 0 Å². The van der Waals surface area contributed by atoms with E-state index in [-0.39, 0.29) is 17.5 Å². The number of aliphatic hydroxyl groups is 1. The predicted octanol–water partition coefficient (Wildman–Crippen LogP) is 2.95. The summed E-state index contributed by atoms with van der Waals surface area (Å²) < 4.78 is 37.9. The molecule has 2 saturated carbocycles. The molecule has 0 spiro atoms. The summed E-state index contributed by atoms with van der Waals surface area (Å²) in [5, 5.41) is 10.3. The normalized spacial score (nSPS) is 32.8. The molecule has 0 aromatic carbocycles. The van der Waals surface area contributed by atoms with Gasteiger partial charge in [0.1, 0.15) is 0 Å². The van der Waals surface area contributed by atoms with Gasteiger partial charge in [0, 0.05) is 12.1 Å². The molecule has 0 saturated heterocycles. The Morgan fingerprint density at radius 3 is 2.33 bits per heavy atom. The molecule has 0 bridgehead atoms. The lowest BCUT2D eigenvalue weighted by Gasteiger charge is -2.46. The average molecular weight is 265 g/mol. The van der Waals surface area contributed by atoms with Crippen molar-refractivity contribution in [3.63, 3.8) is 0 Å². The van der Waals surface area contributed by atoms with Crippen molar-refractivity contribution in [3.05, 3.63) is 0 Å². The van der Waals surface area contributed by atoms with E-state index in [1.807, 2.05) is 13.8 Å². The minimum Gasteiger partial charge on any atom is -0.391 e. The van der Waals surface area contributed by atoms with E-state index in [1.165, 1.54) is 4.90 Å². The zero-order chi connectivity index (χ0) is 13.6. The summed E-state index contributed by atoms with van der Waals surface area (Å²) in [6, 6.07) is -0.303. The van der Waals surface area contributed by atoms with E-state index in [9.17, 15) is 18.3 Å². The van der Waals surface area contributed by atoms with Crippen molar-refractivity contribution < 1.29 is 18.3 Å². The van der Waals surface area contributed by atoms with Crippen LogP contribution in [-0.2, 0) is 0 Å². The summed E-state index contributed by atoms with van der Waals surface area (Å²) in [4.78, 5) is 1.51. The van der Waals surface area contributed by atoms with Crippen LogP contribution >= 0.6 is 0 Å². The maximum atomic E-state index is 12.6. The standard InChI is InChI=1S/C13H22F3NO/c1-12(2)7-3-4-10(11(12)18)17(9-5-6-9)8-13(14,15)16/h9-11,18H,3-8H2,1-2H3. The zero-order valence-corrected chi connectivity index (χ0v) is 11.0. The van der Waals surface area contributed by atoms with Gasteiger partial charge in [-0.3, -0.25) is 4.90 Å². The first kappa shape index (κ1) is 14.1. The van der Waals surface area contributed by atoms with Gasteiger partial charge in [-0.2, -0.15) is 13.2 Å². The number of nitrogens with zero attached hydrogens (tertiary/aromatic N) is 1. The van der Waals surface area contributed by atoms with Crippen molar-refractivity contribution in [1.82, 2.24) is 4.90 Å². The molecule has 0 heterocycles. The predicted molar refractivity (Wildman–Crippen MR) is 63.2 cm³/mol. The molecule has 1 N–H and O–H groups in total. The zero-order valence-electron chi connectivity index (χ0n) is 11.0. The summed E-state index contributed by atoms with van der Waals surface area (Å²) in [7, 11) is 0. The molecule has 2 rings (SSSR count). The number of aliphatic hydroxyl groups excluding tert-OH is 1. The second-order valence-corrected chi connectivity index (χ2v) is 6.41. The largest absolute Gasteiger partial charge is 0.401 e. The third kappa shape index (κ3) is 3.18. The maximum absolute atomic E-state index is 12.6. The van der Waals surface area contributed by atoms with Crippen LogP contribution in [0.1, 0.15) is 46.0 Å². The van der Waals surface area contributed by atoms with Crippen molar-refractivity contribution in [2.45, 2.75) is 70.3 Å². The molecule has 0 aromatic rings. The van der Waals surface area contributed by atoms with Crippen molar-refractivity contribution in [1.29, 1.82) is 0 Å². The highest BCUT2D eigenvalue weighted by Gasteiger charge is 2.47. The number of hydrogen-bond acceptors (Lipinski definition) is 2. The van der Waals surface area contributed by atoms with E-state index in [4.69, 9.17) is 0 Å². The van der Waals surface area contributed by atoms with Gasteiger partial charge in [-0.1, -0.05) is 20.3 Å². The molecule has 0 aromatic heterocycles. The molecule has 0 amide bonds. The fraction of sp³-hybridized carbons (Fsp3) is 1.00. The lowest BCUT2D eigenvalue weighted by atomic mass is 9.72. The van der Waals surface area contributed by atoms with Gasteiger partial charge in [-0.05, 0) is 31.1 Å². The summed E-state index contributed by atoms with van der Waals surface area (Å²) in [6.45, 7) is 3.01. The number of halogens is 3. The Bertz CT molecular complexity index is 299. The molecule has 2 unspecified atom stereocenters. The van der Waals surface area contributed by atoms with Gasteiger partial charge < -0.3 is 5.11 Å². The van der Waals surface area contributed by atoms with Gasteiger partial charge in [0.05, 0.1) is 12.6 Å². The summed E-state index contributed by atoms with van der Waals surface area (Å²) >= 11 is 0. The molecule has 5 heteroatoms. The molecule has 0 aliphatic heterocycles. The Labute approximate surface area is 106 Å². The van der Waals surface area contributed by atoms with Crippen LogP contribution in [0.15, 0.2) is 0 Å². The molecular weight excluding hydrogens is 243 g/mol. The number of rotatable bonds is 3.